The summed E-state index contributed by atoms with van der Waals surface area (Å²) in [6.45, 7) is 0.620. The second-order valence-electron chi connectivity index (χ2n) is 2.87. The lowest BCUT2D eigenvalue weighted by Gasteiger charge is -2.03. The van der Waals surface area contributed by atoms with Crippen LogP contribution >= 0.6 is 23.4 Å². The van der Waals surface area contributed by atoms with Crippen molar-refractivity contribution in [3.63, 3.8) is 0 Å². The Morgan fingerprint density at radius 2 is 2.27 bits per heavy atom. The lowest BCUT2D eigenvalue weighted by molar-refractivity contribution is -0.384. The fourth-order valence-electron chi connectivity index (χ4n) is 1.03. The average Bonchev–Trinajstić information content (AvgIpc) is 2.20. The Morgan fingerprint density at radius 3 is 2.80 bits per heavy atom. The van der Waals surface area contributed by atoms with Crippen LogP contribution in [0.4, 0.5) is 5.69 Å². The molecule has 1 rings (SSSR count). The van der Waals surface area contributed by atoms with Crippen molar-refractivity contribution in [2.75, 3.05) is 12.3 Å². The molecule has 1 aromatic rings. The van der Waals surface area contributed by atoms with E-state index < -0.39 is 4.92 Å². The zero-order valence-electron chi connectivity index (χ0n) is 7.98. The monoisotopic (exact) mass is 246 g/mol. The van der Waals surface area contributed by atoms with Crippen molar-refractivity contribution >= 4 is 29.1 Å². The number of hydrogen-bond acceptors (Lipinski definition) is 4. The number of non-ortho nitro benzene ring substituents is 1. The van der Waals surface area contributed by atoms with Crippen LogP contribution in [-0.4, -0.2) is 17.2 Å². The number of nitro groups is 1. The van der Waals surface area contributed by atoms with Crippen LogP contribution in [0.1, 0.15) is 5.56 Å². The normalized spacial score (nSPS) is 10.3. The molecular weight excluding hydrogens is 236 g/mol. The summed E-state index contributed by atoms with van der Waals surface area (Å²) in [5.41, 5.74) is 6.28. The molecule has 0 fully saturated rings. The highest BCUT2D eigenvalue weighted by atomic mass is 35.5. The Hall–Kier alpha value is -0.780. The quantitative estimate of drug-likeness (QED) is 0.492. The van der Waals surface area contributed by atoms with Crippen molar-refractivity contribution in [3.05, 3.63) is 38.9 Å². The van der Waals surface area contributed by atoms with Crippen LogP contribution in [0.5, 0.6) is 0 Å². The summed E-state index contributed by atoms with van der Waals surface area (Å²) in [6, 6.07) is 4.52. The summed E-state index contributed by atoms with van der Waals surface area (Å²) in [7, 11) is 0. The Kier molecular flexibility index (Phi) is 4.87. The van der Waals surface area contributed by atoms with Gasteiger partial charge >= 0.3 is 0 Å². The van der Waals surface area contributed by atoms with Gasteiger partial charge in [0.2, 0.25) is 0 Å². The lowest BCUT2D eigenvalue weighted by atomic mass is 10.2. The van der Waals surface area contributed by atoms with Gasteiger partial charge in [-0.2, -0.15) is 11.8 Å². The molecule has 1 aromatic carbocycles. The second kappa shape index (κ2) is 5.95. The van der Waals surface area contributed by atoms with Gasteiger partial charge in [0.15, 0.2) is 0 Å². The molecule has 4 nitrogen and oxygen atoms in total. The molecular formula is C9H11ClN2O2S. The van der Waals surface area contributed by atoms with E-state index in [1.165, 1.54) is 12.1 Å². The molecule has 0 heterocycles. The number of thioether (sulfide) groups is 1. The summed E-state index contributed by atoms with van der Waals surface area (Å²) in [4.78, 5) is 9.99. The van der Waals surface area contributed by atoms with E-state index in [1.54, 1.807) is 17.8 Å². The van der Waals surface area contributed by atoms with E-state index in [0.717, 1.165) is 17.1 Å². The van der Waals surface area contributed by atoms with Gasteiger partial charge in [-0.15, -0.1) is 0 Å². The van der Waals surface area contributed by atoms with Gasteiger partial charge in [-0.3, -0.25) is 10.1 Å². The summed E-state index contributed by atoms with van der Waals surface area (Å²) in [5.74, 6) is 1.58. The molecule has 0 atom stereocenters. The van der Waals surface area contributed by atoms with Crippen molar-refractivity contribution < 1.29 is 4.92 Å². The summed E-state index contributed by atoms with van der Waals surface area (Å²) in [6.07, 6.45) is 0. The summed E-state index contributed by atoms with van der Waals surface area (Å²) in [5, 5.41) is 10.9. The van der Waals surface area contributed by atoms with Crippen molar-refractivity contribution in [2.45, 2.75) is 5.75 Å². The predicted molar refractivity (Wildman–Crippen MR) is 63.3 cm³/mol. The fourth-order valence-corrected chi connectivity index (χ4v) is 2.14. The van der Waals surface area contributed by atoms with Gasteiger partial charge in [0.05, 0.1) is 9.95 Å². The first-order valence-electron chi connectivity index (χ1n) is 4.35. The van der Waals surface area contributed by atoms with Crippen LogP contribution in [0.3, 0.4) is 0 Å². The molecule has 0 bridgehead atoms. The minimum absolute atomic E-state index is 0.0209. The molecule has 0 amide bonds. The van der Waals surface area contributed by atoms with E-state index in [2.05, 4.69) is 0 Å². The standard InChI is InChI=1S/C9H11ClN2O2S/c10-9-5-8(12(13)14)2-1-7(9)6-15-4-3-11/h1-2,5H,3-4,6,11H2. The average molecular weight is 247 g/mol. The van der Waals surface area contributed by atoms with E-state index in [9.17, 15) is 10.1 Å². The maximum atomic E-state index is 10.4. The summed E-state index contributed by atoms with van der Waals surface area (Å²) < 4.78 is 0. The van der Waals surface area contributed by atoms with E-state index in [-0.39, 0.29) is 5.69 Å². The highest BCUT2D eigenvalue weighted by Gasteiger charge is 2.08. The molecule has 0 aliphatic heterocycles. The molecule has 0 radical (unpaired) electrons. The molecule has 0 aliphatic rings. The number of rotatable bonds is 5. The lowest BCUT2D eigenvalue weighted by Crippen LogP contribution is -2.01. The second-order valence-corrected chi connectivity index (χ2v) is 4.39. The van der Waals surface area contributed by atoms with Crippen LogP contribution in [0, 0.1) is 10.1 Å². The summed E-state index contributed by atoms with van der Waals surface area (Å²) >= 11 is 7.56. The fraction of sp³-hybridized carbons (Fsp3) is 0.333. The number of hydrogen-bond donors (Lipinski definition) is 1. The third-order valence-corrected chi connectivity index (χ3v) is 3.16. The third kappa shape index (κ3) is 3.70. The highest BCUT2D eigenvalue weighted by molar-refractivity contribution is 7.98. The van der Waals surface area contributed by atoms with Crippen LogP contribution in [0.15, 0.2) is 18.2 Å². The van der Waals surface area contributed by atoms with Crippen molar-refractivity contribution in [1.82, 2.24) is 0 Å². The van der Waals surface area contributed by atoms with Crippen molar-refractivity contribution in [3.8, 4) is 0 Å². The first-order valence-corrected chi connectivity index (χ1v) is 5.89. The van der Waals surface area contributed by atoms with Crippen LogP contribution in [0.25, 0.3) is 0 Å². The number of nitrogens with two attached hydrogens (primary N) is 1. The largest absolute Gasteiger partial charge is 0.330 e. The molecule has 0 spiro atoms. The van der Waals surface area contributed by atoms with Crippen LogP contribution in [0.2, 0.25) is 5.02 Å². The van der Waals surface area contributed by atoms with E-state index >= 15 is 0 Å². The zero-order valence-corrected chi connectivity index (χ0v) is 9.55. The molecule has 82 valence electrons. The zero-order chi connectivity index (χ0) is 11.3. The van der Waals surface area contributed by atoms with Crippen LogP contribution < -0.4 is 5.73 Å². The van der Waals surface area contributed by atoms with Gasteiger partial charge in [-0.05, 0) is 11.6 Å². The minimum atomic E-state index is -0.456. The van der Waals surface area contributed by atoms with Gasteiger partial charge < -0.3 is 5.73 Å². The smallest absolute Gasteiger partial charge is 0.270 e. The number of benzene rings is 1. The molecule has 0 unspecified atom stereocenters. The highest BCUT2D eigenvalue weighted by Crippen LogP contribution is 2.25. The first kappa shape index (κ1) is 12.3. The third-order valence-electron chi connectivity index (χ3n) is 1.77. The van der Waals surface area contributed by atoms with Crippen LogP contribution in [-0.2, 0) is 5.75 Å². The molecule has 15 heavy (non-hydrogen) atoms. The van der Waals surface area contributed by atoms with E-state index in [4.69, 9.17) is 17.3 Å². The first-order chi connectivity index (χ1) is 7.15. The van der Waals surface area contributed by atoms with Gasteiger partial charge in [-0.25, -0.2) is 0 Å². The molecule has 6 heteroatoms. The van der Waals surface area contributed by atoms with Gasteiger partial charge in [0.1, 0.15) is 0 Å². The Morgan fingerprint density at radius 1 is 1.53 bits per heavy atom. The molecule has 0 aliphatic carbocycles. The molecule has 0 saturated heterocycles. The molecule has 0 aromatic heterocycles. The topological polar surface area (TPSA) is 69.2 Å². The van der Waals surface area contributed by atoms with E-state index in [0.29, 0.717) is 11.6 Å². The van der Waals surface area contributed by atoms with Gasteiger partial charge in [-0.1, -0.05) is 11.6 Å². The number of nitro benzene ring substituents is 1. The van der Waals surface area contributed by atoms with Crippen molar-refractivity contribution in [1.29, 1.82) is 0 Å². The Bertz CT molecular complexity index is 360. The minimum Gasteiger partial charge on any atom is -0.330 e. The predicted octanol–water partition coefficient (Wildman–Crippen LogP) is 2.44. The SMILES string of the molecule is NCCSCc1ccc([N+](=O)[O-])cc1Cl. The number of halogens is 1. The van der Waals surface area contributed by atoms with Gasteiger partial charge in [0.25, 0.3) is 5.69 Å². The molecule has 2 N–H and O–H groups in total. The Labute approximate surface area is 96.9 Å². The Balaban J connectivity index is 2.70. The van der Waals surface area contributed by atoms with E-state index in [1.807, 2.05) is 0 Å². The number of nitrogens with zero attached hydrogens (tertiary/aromatic N) is 1. The maximum Gasteiger partial charge on any atom is 0.270 e. The molecule has 0 saturated carbocycles. The van der Waals surface area contributed by atoms with Gasteiger partial charge in [0, 0.05) is 30.2 Å². The van der Waals surface area contributed by atoms with Crippen molar-refractivity contribution in [2.24, 2.45) is 5.73 Å². The maximum absolute atomic E-state index is 10.4.